The van der Waals surface area contributed by atoms with Gasteiger partial charge in [-0.1, -0.05) is 36.8 Å². The monoisotopic (exact) mass is 346 g/mol. The van der Waals surface area contributed by atoms with Crippen LogP contribution in [0.4, 0.5) is 0 Å². The van der Waals surface area contributed by atoms with Gasteiger partial charge < -0.3 is 14.8 Å². The summed E-state index contributed by atoms with van der Waals surface area (Å²) < 4.78 is 11.5. The molecule has 2 saturated heterocycles. The van der Waals surface area contributed by atoms with Crippen molar-refractivity contribution in [3.05, 3.63) is 35.9 Å². The van der Waals surface area contributed by atoms with Gasteiger partial charge in [0.2, 0.25) is 5.91 Å². The lowest BCUT2D eigenvalue weighted by Gasteiger charge is -2.42. The number of amides is 1. The van der Waals surface area contributed by atoms with Crippen molar-refractivity contribution in [1.82, 2.24) is 10.2 Å². The van der Waals surface area contributed by atoms with E-state index in [0.29, 0.717) is 32.2 Å². The van der Waals surface area contributed by atoms with Crippen molar-refractivity contribution in [1.29, 1.82) is 0 Å². The number of benzene rings is 1. The molecule has 5 nitrogen and oxygen atoms in total. The van der Waals surface area contributed by atoms with Gasteiger partial charge in [-0.25, -0.2) is 0 Å². The van der Waals surface area contributed by atoms with E-state index in [1.807, 2.05) is 30.3 Å². The fourth-order valence-corrected chi connectivity index (χ4v) is 3.59. The van der Waals surface area contributed by atoms with Gasteiger partial charge in [0.1, 0.15) is 0 Å². The number of morpholine rings is 1. The van der Waals surface area contributed by atoms with E-state index >= 15 is 0 Å². The molecule has 0 aliphatic carbocycles. The first-order chi connectivity index (χ1) is 12.3. The zero-order chi connectivity index (χ0) is 17.3. The smallest absolute Gasteiger partial charge is 0.220 e. The van der Waals surface area contributed by atoms with Crippen LogP contribution in [0.3, 0.4) is 0 Å². The molecule has 1 N–H and O–H groups in total. The summed E-state index contributed by atoms with van der Waals surface area (Å²) in [6.07, 6.45) is 5.25. The number of hydrogen-bond acceptors (Lipinski definition) is 4. The Hall–Kier alpha value is -1.43. The fraction of sp³-hybridized carbons (Fsp3) is 0.650. The first-order valence-electron chi connectivity index (χ1n) is 9.55. The van der Waals surface area contributed by atoms with Gasteiger partial charge in [0.25, 0.3) is 0 Å². The van der Waals surface area contributed by atoms with E-state index < -0.39 is 0 Å². The van der Waals surface area contributed by atoms with Crippen molar-refractivity contribution in [3.8, 4) is 0 Å². The van der Waals surface area contributed by atoms with Crippen molar-refractivity contribution in [3.63, 3.8) is 0 Å². The molecule has 25 heavy (non-hydrogen) atoms. The summed E-state index contributed by atoms with van der Waals surface area (Å²) >= 11 is 0. The van der Waals surface area contributed by atoms with Crippen LogP contribution in [0.1, 0.15) is 37.7 Å². The molecule has 0 saturated carbocycles. The number of piperidine rings is 1. The van der Waals surface area contributed by atoms with Crippen molar-refractivity contribution in [2.75, 3.05) is 32.8 Å². The van der Waals surface area contributed by atoms with E-state index in [0.717, 1.165) is 25.1 Å². The lowest BCUT2D eigenvalue weighted by Crippen LogP contribution is -2.54. The highest BCUT2D eigenvalue weighted by atomic mass is 16.5. The maximum atomic E-state index is 12.0. The highest BCUT2D eigenvalue weighted by Crippen LogP contribution is 2.21. The Morgan fingerprint density at radius 3 is 3.04 bits per heavy atom. The largest absolute Gasteiger partial charge is 0.377 e. The van der Waals surface area contributed by atoms with Crippen LogP contribution in [-0.4, -0.2) is 55.8 Å². The maximum Gasteiger partial charge on any atom is 0.220 e. The van der Waals surface area contributed by atoms with Crippen LogP contribution in [0.25, 0.3) is 0 Å². The van der Waals surface area contributed by atoms with Gasteiger partial charge >= 0.3 is 0 Å². The zero-order valence-corrected chi connectivity index (χ0v) is 15.0. The number of rotatable bonds is 8. The third kappa shape index (κ3) is 6.10. The van der Waals surface area contributed by atoms with Crippen LogP contribution < -0.4 is 5.32 Å². The molecule has 1 aromatic carbocycles. The van der Waals surface area contributed by atoms with E-state index in [4.69, 9.17) is 9.47 Å². The lowest BCUT2D eigenvalue weighted by molar-refractivity contribution is -0.123. The topological polar surface area (TPSA) is 50.8 Å². The summed E-state index contributed by atoms with van der Waals surface area (Å²) in [5.74, 6) is 0.0904. The van der Waals surface area contributed by atoms with Crippen molar-refractivity contribution in [2.24, 2.45) is 0 Å². The fourth-order valence-electron chi connectivity index (χ4n) is 3.59. The van der Waals surface area contributed by atoms with Crippen LogP contribution in [0.15, 0.2) is 30.3 Å². The van der Waals surface area contributed by atoms with Crippen molar-refractivity contribution in [2.45, 2.75) is 50.9 Å². The molecular weight excluding hydrogens is 316 g/mol. The van der Waals surface area contributed by atoms with E-state index in [-0.39, 0.29) is 12.0 Å². The molecule has 0 spiro atoms. The first-order valence-corrected chi connectivity index (χ1v) is 9.55. The number of nitrogens with one attached hydrogen (secondary N) is 1. The average Bonchev–Trinajstić information content (AvgIpc) is 2.67. The predicted octanol–water partition coefficient (Wildman–Crippen LogP) is 2.35. The number of carbonyl (C=O) groups is 1. The van der Waals surface area contributed by atoms with Crippen molar-refractivity contribution >= 4 is 5.91 Å². The van der Waals surface area contributed by atoms with E-state index in [9.17, 15) is 4.79 Å². The van der Waals surface area contributed by atoms with Gasteiger partial charge in [-0.15, -0.1) is 0 Å². The van der Waals surface area contributed by atoms with Crippen LogP contribution >= 0.6 is 0 Å². The Morgan fingerprint density at radius 2 is 2.16 bits per heavy atom. The van der Waals surface area contributed by atoms with Crippen LogP contribution in [0, 0.1) is 0 Å². The molecule has 2 fully saturated rings. The Labute approximate surface area is 150 Å². The highest BCUT2D eigenvalue weighted by Gasteiger charge is 2.30. The van der Waals surface area contributed by atoms with E-state index in [1.165, 1.54) is 25.8 Å². The molecule has 0 unspecified atom stereocenters. The molecule has 2 aliphatic rings. The van der Waals surface area contributed by atoms with Crippen LogP contribution in [-0.2, 0) is 20.9 Å². The lowest BCUT2D eigenvalue weighted by atomic mass is 10.0. The van der Waals surface area contributed by atoms with Gasteiger partial charge in [0.05, 0.1) is 19.3 Å². The molecule has 1 aromatic rings. The first kappa shape index (κ1) is 18.4. The number of fused-ring (bicyclic) bond motifs is 1. The zero-order valence-electron chi connectivity index (χ0n) is 15.0. The standard InChI is InChI=1S/C20H30N2O3/c23-20(10-6-12-24-15-17-7-2-1-3-8-17)21-13-19-14-22-11-5-4-9-18(22)16-25-19/h1-3,7-8,18-19H,4-6,9-16H2,(H,21,23)/t18-,19-/m1/s1. The Balaban J connectivity index is 1.23. The number of carbonyl (C=O) groups excluding carboxylic acids is 1. The van der Waals surface area contributed by atoms with Crippen LogP contribution in [0.5, 0.6) is 0 Å². The van der Waals surface area contributed by atoms with Gasteiger partial charge in [-0.2, -0.15) is 0 Å². The molecule has 3 rings (SSSR count). The highest BCUT2D eigenvalue weighted by molar-refractivity contribution is 5.75. The van der Waals surface area contributed by atoms with Gasteiger partial charge in [-0.05, 0) is 31.4 Å². The summed E-state index contributed by atoms with van der Waals surface area (Å²) in [5, 5.41) is 3.01. The third-order valence-corrected chi connectivity index (χ3v) is 5.04. The second-order valence-corrected chi connectivity index (χ2v) is 7.05. The minimum Gasteiger partial charge on any atom is -0.377 e. The molecule has 0 bridgehead atoms. The Kier molecular flexibility index (Phi) is 7.27. The van der Waals surface area contributed by atoms with Crippen LogP contribution in [0.2, 0.25) is 0 Å². The molecule has 0 aromatic heterocycles. The second-order valence-electron chi connectivity index (χ2n) is 7.05. The van der Waals surface area contributed by atoms with E-state index in [1.54, 1.807) is 0 Å². The minimum absolute atomic E-state index is 0.0904. The molecular formula is C20H30N2O3. The van der Waals surface area contributed by atoms with Crippen molar-refractivity contribution < 1.29 is 14.3 Å². The SMILES string of the molecule is O=C(CCCOCc1ccccc1)NC[C@@H]1CN2CCCC[C@@H]2CO1. The third-order valence-electron chi connectivity index (χ3n) is 5.04. The second kappa shape index (κ2) is 9.90. The number of hydrogen-bond donors (Lipinski definition) is 1. The average molecular weight is 346 g/mol. The molecule has 1 amide bonds. The summed E-state index contributed by atoms with van der Waals surface area (Å²) in [4.78, 5) is 14.5. The molecule has 2 heterocycles. The molecule has 5 heteroatoms. The number of ether oxygens (including phenoxy) is 2. The number of nitrogens with zero attached hydrogens (tertiary/aromatic N) is 1. The van der Waals surface area contributed by atoms with Gasteiger partial charge in [-0.3, -0.25) is 9.69 Å². The predicted molar refractivity (Wildman–Crippen MR) is 97.3 cm³/mol. The summed E-state index contributed by atoms with van der Waals surface area (Å²) in [6.45, 7) is 4.77. The summed E-state index contributed by atoms with van der Waals surface area (Å²) in [5.41, 5.74) is 1.16. The quantitative estimate of drug-likeness (QED) is 0.734. The molecule has 2 aliphatic heterocycles. The normalized spacial score (nSPS) is 23.8. The summed E-state index contributed by atoms with van der Waals surface area (Å²) in [6, 6.07) is 10.7. The summed E-state index contributed by atoms with van der Waals surface area (Å²) in [7, 11) is 0. The molecule has 2 atom stereocenters. The van der Waals surface area contributed by atoms with Gasteiger partial charge in [0.15, 0.2) is 0 Å². The molecule has 0 radical (unpaired) electrons. The Morgan fingerprint density at radius 1 is 1.28 bits per heavy atom. The van der Waals surface area contributed by atoms with Gasteiger partial charge in [0, 0.05) is 32.2 Å². The molecule has 138 valence electrons. The minimum atomic E-state index is 0.0904. The van der Waals surface area contributed by atoms with E-state index in [2.05, 4.69) is 10.2 Å². The Bertz CT molecular complexity index is 523. The maximum absolute atomic E-state index is 12.0.